The lowest BCUT2D eigenvalue weighted by Crippen LogP contribution is -2.45. The van der Waals surface area contributed by atoms with E-state index in [0.717, 1.165) is 16.9 Å². The molecule has 8 heteroatoms. The van der Waals surface area contributed by atoms with E-state index in [9.17, 15) is 24.0 Å². The molecule has 2 aromatic carbocycles. The maximum absolute atomic E-state index is 13.2. The fourth-order valence-corrected chi connectivity index (χ4v) is 6.37. The number of allylic oxidation sites excluding steroid dienone is 2. The normalized spacial score (nSPS) is 28.9. The Labute approximate surface area is 219 Å². The highest BCUT2D eigenvalue weighted by atomic mass is 16.5. The summed E-state index contributed by atoms with van der Waals surface area (Å²) >= 11 is 0. The number of hydrogen-bond donors (Lipinski definition) is 0. The number of esters is 2. The molecule has 1 aliphatic heterocycles. The molecule has 5 aliphatic rings. The SMILES string of the molecule is Cc1ccc(C(=O)Oc2ccc(C(=O)COC(=O)C(C)N3C(=O)C4C5C=CC(C6CC56)C4C3=O)cc2)cc1. The van der Waals surface area contributed by atoms with Crippen LogP contribution in [0.2, 0.25) is 0 Å². The minimum Gasteiger partial charge on any atom is -0.456 e. The third kappa shape index (κ3) is 3.95. The highest BCUT2D eigenvalue weighted by Crippen LogP contribution is 2.65. The van der Waals surface area contributed by atoms with E-state index in [-0.39, 0.29) is 35.0 Å². The standard InChI is InChI=1S/C30H27NO7/c1-15-3-5-18(6-4-15)30(36)38-19-9-7-17(8-10-19)24(32)14-37-29(35)16(2)31-27(33)25-20-11-12-21(23-13-22(20)23)26(25)28(31)34/h3-12,16,20-23,25-26H,13-14H2,1-2H3. The molecule has 7 rings (SSSR count). The van der Waals surface area contributed by atoms with Gasteiger partial charge in [0.2, 0.25) is 11.8 Å². The largest absolute Gasteiger partial charge is 0.456 e. The number of likely N-dealkylation sites (tertiary alicyclic amines) is 1. The number of Topliss-reactive ketones (excluding diaryl/α,β-unsaturated/α-hetero) is 1. The van der Waals surface area contributed by atoms with Crippen molar-refractivity contribution < 1.29 is 33.4 Å². The molecule has 2 bridgehead atoms. The molecule has 1 heterocycles. The number of ether oxygens (including phenoxy) is 2. The van der Waals surface area contributed by atoms with Crippen molar-refractivity contribution in [1.82, 2.24) is 4.90 Å². The zero-order valence-electron chi connectivity index (χ0n) is 21.0. The monoisotopic (exact) mass is 513 g/mol. The number of rotatable bonds is 7. The summed E-state index contributed by atoms with van der Waals surface area (Å²) in [6.45, 7) is 2.85. The van der Waals surface area contributed by atoms with E-state index in [1.54, 1.807) is 12.1 Å². The van der Waals surface area contributed by atoms with Crippen LogP contribution < -0.4 is 4.74 Å². The average Bonchev–Trinajstić information content (AvgIpc) is 3.70. The molecule has 2 amide bonds. The van der Waals surface area contributed by atoms with Gasteiger partial charge in [0.05, 0.1) is 17.4 Å². The van der Waals surface area contributed by atoms with Gasteiger partial charge in [-0.05, 0) is 80.3 Å². The van der Waals surface area contributed by atoms with E-state index in [1.807, 2.05) is 19.1 Å². The van der Waals surface area contributed by atoms with Gasteiger partial charge in [0.15, 0.2) is 12.4 Å². The molecule has 0 spiro atoms. The van der Waals surface area contributed by atoms with Crippen LogP contribution in [0.4, 0.5) is 0 Å². The second kappa shape index (κ2) is 9.04. The first-order valence-electron chi connectivity index (χ1n) is 12.9. The minimum absolute atomic E-state index is 0.0698. The first kappa shape index (κ1) is 24.3. The van der Waals surface area contributed by atoms with Gasteiger partial charge in [-0.25, -0.2) is 9.59 Å². The molecule has 194 valence electrons. The summed E-state index contributed by atoms with van der Waals surface area (Å²) < 4.78 is 10.5. The molecular formula is C30H27NO7. The highest BCUT2D eigenvalue weighted by molar-refractivity contribution is 6.09. The van der Waals surface area contributed by atoms with Crippen LogP contribution in [0.1, 0.15) is 39.6 Å². The van der Waals surface area contributed by atoms with E-state index in [1.165, 1.54) is 31.2 Å². The first-order valence-corrected chi connectivity index (χ1v) is 12.9. The summed E-state index contributed by atoms with van der Waals surface area (Å²) in [5.41, 5.74) is 1.70. The molecule has 1 saturated heterocycles. The number of amides is 2. The van der Waals surface area contributed by atoms with Crippen molar-refractivity contribution in [2.75, 3.05) is 6.61 Å². The predicted octanol–water partition coefficient (Wildman–Crippen LogP) is 3.38. The van der Waals surface area contributed by atoms with Crippen LogP contribution in [0.15, 0.2) is 60.7 Å². The van der Waals surface area contributed by atoms with E-state index in [2.05, 4.69) is 12.2 Å². The highest BCUT2D eigenvalue weighted by Gasteiger charge is 2.67. The van der Waals surface area contributed by atoms with Gasteiger partial charge < -0.3 is 9.47 Å². The van der Waals surface area contributed by atoms with Gasteiger partial charge in [-0.15, -0.1) is 0 Å². The zero-order chi connectivity index (χ0) is 26.7. The number of aryl methyl sites for hydroxylation is 1. The van der Waals surface area contributed by atoms with Gasteiger partial charge in [-0.2, -0.15) is 0 Å². The van der Waals surface area contributed by atoms with E-state index in [4.69, 9.17) is 9.47 Å². The Morgan fingerprint density at radius 3 is 2.00 bits per heavy atom. The van der Waals surface area contributed by atoms with Crippen LogP contribution in [-0.4, -0.2) is 47.1 Å². The van der Waals surface area contributed by atoms with E-state index < -0.39 is 42.2 Å². The van der Waals surface area contributed by atoms with Crippen LogP contribution in [-0.2, 0) is 19.1 Å². The lowest BCUT2D eigenvalue weighted by atomic mass is 9.63. The fraction of sp³-hybridized carbons (Fsp3) is 0.367. The van der Waals surface area contributed by atoms with Crippen molar-refractivity contribution in [3.8, 4) is 5.75 Å². The smallest absolute Gasteiger partial charge is 0.343 e. The number of carbonyl (C=O) groups excluding carboxylic acids is 5. The van der Waals surface area contributed by atoms with E-state index >= 15 is 0 Å². The Morgan fingerprint density at radius 1 is 0.868 bits per heavy atom. The number of nitrogens with zero attached hydrogens (tertiary/aromatic N) is 1. The molecule has 0 radical (unpaired) electrons. The molecule has 2 aromatic rings. The summed E-state index contributed by atoms with van der Waals surface area (Å²) in [5, 5.41) is 0. The molecule has 7 unspecified atom stereocenters. The second-order valence-electron chi connectivity index (χ2n) is 10.7. The molecule has 7 atom stereocenters. The molecule has 8 nitrogen and oxygen atoms in total. The number of hydrogen-bond acceptors (Lipinski definition) is 7. The number of benzene rings is 2. The van der Waals surface area contributed by atoms with Crippen LogP contribution in [0, 0.1) is 42.4 Å². The molecule has 3 fully saturated rings. The van der Waals surface area contributed by atoms with Crippen molar-refractivity contribution in [2.24, 2.45) is 35.5 Å². The summed E-state index contributed by atoms with van der Waals surface area (Å²) in [7, 11) is 0. The van der Waals surface area contributed by atoms with Crippen molar-refractivity contribution in [3.05, 3.63) is 77.4 Å². The Bertz CT molecular complexity index is 1340. The summed E-state index contributed by atoms with van der Waals surface area (Å²) in [5.74, 6) is -1.82. The summed E-state index contributed by atoms with van der Waals surface area (Å²) in [6.07, 6.45) is 5.21. The molecular weight excluding hydrogens is 486 g/mol. The molecule has 4 aliphatic carbocycles. The quantitative estimate of drug-likeness (QED) is 0.184. The average molecular weight is 514 g/mol. The lowest BCUT2D eigenvalue weighted by Gasteiger charge is -2.37. The number of carbonyl (C=O) groups is 5. The molecule has 2 saturated carbocycles. The van der Waals surface area contributed by atoms with Crippen molar-refractivity contribution in [2.45, 2.75) is 26.3 Å². The molecule has 38 heavy (non-hydrogen) atoms. The van der Waals surface area contributed by atoms with Gasteiger partial charge in [0, 0.05) is 5.56 Å². The Kier molecular flexibility index (Phi) is 5.78. The predicted molar refractivity (Wildman–Crippen MR) is 134 cm³/mol. The van der Waals surface area contributed by atoms with Crippen LogP contribution >= 0.6 is 0 Å². The third-order valence-corrected chi connectivity index (χ3v) is 8.44. The number of ketones is 1. The fourth-order valence-electron chi connectivity index (χ4n) is 6.37. The Balaban J connectivity index is 1.04. The number of imide groups is 1. The topological polar surface area (TPSA) is 107 Å². The lowest BCUT2D eigenvalue weighted by molar-refractivity contribution is -0.157. The third-order valence-electron chi connectivity index (χ3n) is 8.44. The van der Waals surface area contributed by atoms with Gasteiger partial charge in [-0.1, -0.05) is 29.8 Å². The molecule has 0 N–H and O–H groups in total. The van der Waals surface area contributed by atoms with Crippen LogP contribution in [0.5, 0.6) is 5.75 Å². The van der Waals surface area contributed by atoms with Crippen molar-refractivity contribution in [3.63, 3.8) is 0 Å². The Hall–Kier alpha value is -4.07. The van der Waals surface area contributed by atoms with E-state index in [0.29, 0.717) is 17.4 Å². The summed E-state index contributed by atoms with van der Waals surface area (Å²) in [4.78, 5) is 65.1. The maximum Gasteiger partial charge on any atom is 0.343 e. The second-order valence-corrected chi connectivity index (χ2v) is 10.7. The zero-order valence-corrected chi connectivity index (χ0v) is 21.0. The van der Waals surface area contributed by atoms with Gasteiger partial charge in [0.25, 0.3) is 0 Å². The van der Waals surface area contributed by atoms with Gasteiger partial charge in [0.1, 0.15) is 11.8 Å². The Morgan fingerprint density at radius 2 is 1.42 bits per heavy atom. The maximum atomic E-state index is 13.2. The summed E-state index contributed by atoms with van der Waals surface area (Å²) in [6, 6.07) is 11.8. The van der Waals surface area contributed by atoms with Crippen LogP contribution in [0.25, 0.3) is 0 Å². The first-order chi connectivity index (χ1) is 18.2. The van der Waals surface area contributed by atoms with Crippen molar-refractivity contribution >= 4 is 29.5 Å². The van der Waals surface area contributed by atoms with Gasteiger partial charge >= 0.3 is 11.9 Å². The minimum atomic E-state index is -1.10. The van der Waals surface area contributed by atoms with Gasteiger partial charge in [-0.3, -0.25) is 19.3 Å². The van der Waals surface area contributed by atoms with Crippen molar-refractivity contribution in [1.29, 1.82) is 0 Å². The van der Waals surface area contributed by atoms with Crippen LogP contribution in [0.3, 0.4) is 0 Å². The molecule has 0 aromatic heterocycles.